The van der Waals surface area contributed by atoms with Crippen LogP contribution in [0, 0.1) is 19.7 Å². The van der Waals surface area contributed by atoms with Gasteiger partial charge in [-0.15, -0.1) is 0 Å². The molecule has 18 heavy (non-hydrogen) atoms. The van der Waals surface area contributed by atoms with Gasteiger partial charge in [0.2, 0.25) is 0 Å². The molecule has 0 aliphatic carbocycles. The van der Waals surface area contributed by atoms with Gasteiger partial charge in [0, 0.05) is 11.1 Å². The van der Waals surface area contributed by atoms with Crippen LogP contribution in [0.2, 0.25) is 5.02 Å². The molecule has 0 bridgehead atoms. The molecule has 0 atom stereocenters. The lowest BCUT2D eigenvalue weighted by atomic mass is 9.97. The molecule has 0 saturated heterocycles. The van der Waals surface area contributed by atoms with Gasteiger partial charge in [-0.1, -0.05) is 35.4 Å². The van der Waals surface area contributed by atoms with Gasteiger partial charge in [-0.25, -0.2) is 4.39 Å². The van der Waals surface area contributed by atoms with Crippen LogP contribution in [-0.2, 0) is 0 Å². The maximum Gasteiger partial charge on any atom is 0.194 e. The van der Waals surface area contributed by atoms with Crippen molar-refractivity contribution < 1.29 is 9.18 Å². The molecule has 0 spiro atoms. The standard InChI is InChI=1S/C15H12ClFO/c1-9-6-7-10(2)12(8-9)15(18)11-4-3-5-13(17)14(11)16/h3-8H,1-2H3. The lowest BCUT2D eigenvalue weighted by Gasteiger charge is -2.08. The minimum absolute atomic E-state index is 0.122. The fraction of sp³-hybridized carbons (Fsp3) is 0.133. The molecule has 1 nitrogen and oxygen atoms in total. The molecule has 0 fully saturated rings. The lowest BCUT2D eigenvalue weighted by molar-refractivity contribution is 0.103. The summed E-state index contributed by atoms with van der Waals surface area (Å²) in [5.74, 6) is -0.825. The molecule has 0 N–H and O–H groups in total. The van der Waals surface area contributed by atoms with Gasteiger partial charge >= 0.3 is 0 Å². The van der Waals surface area contributed by atoms with E-state index in [2.05, 4.69) is 0 Å². The van der Waals surface area contributed by atoms with Gasteiger partial charge in [-0.2, -0.15) is 0 Å². The molecule has 0 heterocycles. The zero-order chi connectivity index (χ0) is 13.3. The zero-order valence-electron chi connectivity index (χ0n) is 10.1. The normalized spacial score (nSPS) is 10.4. The first kappa shape index (κ1) is 12.8. The van der Waals surface area contributed by atoms with Crippen LogP contribution in [0.15, 0.2) is 36.4 Å². The van der Waals surface area contributed by atoms with Gasteiger partial charge in [0.25, 0.3) is 0 Å². The van der Waals surface area contributed by atoms with Crippen LogP contribution in [0.25, 0.3) is 0 Å². The van der Waals surface area contributed by atoms with Crippen LogP contribution in [0.4, 0.5) is 4.39 Å². The second-order valence-electron chi connectivity index (χ2n) is 4.25. The van der Waals surface area contributed by atoms with Crippen molar-refractivity contribution in [1.29, 1.82) is 0 Å². The molecule has 0 aliphatic heterocycles. The Morgan fingerprint density at radius 2 is 1.83 bits per heavy atom. The van der Waals surface area contributed by atoms with E-state index in [1.165, 1.54) is 18.2 Å². The summed E-state index contributed by atoms with van der Waals surface area (Å²) in [6.45, 7) is 3.75. The van der Waals surface area contributed by atoms with E-state index in [0.29, 0.717) is 5.56 Å². The Hall–Kier alpha value is -1.67. The molecular formula is C15H12ClFO. The van der Waals surface area contributed by atoms with E-state index in [1.54, 1.807) is 6.07 Å². The SMILES string of the molecule is Cc1ccc(C)c(C(=O)c2cccc(F)c2Cl)c1. The topological polar surface area (TPSA) is 17.1 Å². The highest BCUT2D eigenvalue weighted by atomic mass is 35.5. The Labute approximate surface area is 110 Å². The van der Waals surface area contributed by atoms with E-state index in [1.807, 2.05) is 26.0 Å². The van der Waals surface area contributed by atoms with Gasteiger partial charge < -0.3 is 0 Å². The van der Waals surface area contributed by atoms with Crippen molar-refractivity contribution in [2.24, 2.45) is 0 Å². The number of ketones is 1. The summed E-state index contributed by atoms with van der Waals surface area (Å²) >= 11 is 5.83. The smallest absolute Gasteiger partial charge is 0.194 e. The van der Waals surface area contributed by atoms with Crippen LogP contribution in [-0.4, -0.2) is 5.78 Å². The van der Waals surface area contributed by atoms with Crippen molar-refractivity contribution in [1.82, 2.24) is 0 Å². The number of hydrogen-bond acceptors (Lipinski definition) is 1. The van der Waals surface area contributed by atoms with E-state index in [0.717, 1.165) is 11.1 Å². The summed E-state index contributed by atoms with van der Waals surface area (Å²) in [6.07, 6.45) is 0. The lowest BCUT2D eigenvalue weighted by Crippen LogP contribution is -2.05. The van der Waals surface area contributed by atoms with E-state index >= 15 is 0 Å². The molecule has 0 radical (unpaired) electrons. The number of rotatable bonds is 2. The molecule has 2 aromatic carbocycles. The Balaban J connectivity index is 2.55. The van der Waals surface area contributed by atoms with E-state index in [4.69, 9.17) is 11.6 Å². The first-order valence-corrected chi connectivity index (χ1v) is 5.94. The minimum atomic E-state index is -0.576. The first-order valence-electron chi connectivity index (χ1n) is 5.56. The molecule has 2 aromatic rings. The van der Waals surface area contributed by atoms with Crippen LogP contribution in [0.1, 0.15) is 27.0 Å². The Morgan fingerprint density at radius 3 is 2.56 bits per heavy atom. The average Bonchev–Trinajstić information content (AvgIpc) is 2.35. The van der Waals surface area contributed by atoms with Crippen molar-refractivity contribution in [3.8, 4) is 0 Å². The predicted molar refractivity (Wildman–Crippen MR) is 70.8 cm³/mol. The summed E-state index contributed by atoms with van der Waals surface area (Å²) in [5.41, 5.74) is 2.59. The number of carbonyl (C=O) groups excluding carboxylic acids is 1. The second kappa shape index (κ2) is 4.91. The van der Waals surface area contributed by atoms with Crippen LogP contribution >= 0.6 is 11.6 Å². The monoisotopic (exact) mass is 262 g/mol. The van der Waals surface area contributed by atoms with E-state index < -0.39 is 5.82 Å². The largest absolute Gasteiger partial charge is 0.289 e. The van der Waals surface area contributed by atoms with Gasteiger partial charge in [0.1, 0.15) is 5.82 Å². The van der Waals surface area contributed by atoms with Gasteiger partial charge in [-0.3, -0.25) is 4.79 Å². The molecule has 2 rings (SSSR count). The quantitative estimate of drug-likeness (QED) is 0.737. The van der Waals surface area contributed by atoms with E-state index in [9.17, 15) is 9.18 Å². The van der Waals surface area contributed by atoms with Crippen molar-refractivity contribution in [2.45, 2.75) is 13.8 Å². The van der Waals surface area contributed by atoms with Crippen LogP contribution in [0.3, 0.4) is 0 Å². The maximum atomic E-state index is 13.4. The second-order valence-corrected chi connectivity index (χ2v) is 4.63. The highest BCUT2D eigenvalue weighted by Crippen LogP contribution is 2.24. The van der Waals surface area contributed by atoms with Crippen molar-refractivity contribution in [2.75, 3.05) is 0 Å². The molecule has 0 aliphatic rings. The molecular weight excluding hydrogens is 251 g/mol. The Morgan fingerprint density at radius 1 is 1.11 bits per heavy atom. The zero-order valence-corrected chi connectivity index (χ0v) is 10.9. The highest BCUT2D eigenvalue weighted by molar-refractivity contribution is 6.35. The van der Waals surface area contributed by atoms with Gasteiger partial charge in [-0.05, 0) is 37.6 Å². The molecule has 0 saturated carbocycles. The van der Waals surface area contributed by atoms with Crippen molar-refractivity contribution >= 4 is 17.4 Å². The Kier molecular flexibility index (Phi) is 3.48. The fourth-order valence-corrected chi connectivity index (χ4v) is 2.02. The van der Waals surface area contributed by atoms with Crippen LogP contribution < -0.4 is 0 Å². The third-order valence-corrected chi connectivity index (χ3v) is 3.22. The number of hydrogen-bond donors (Lipinski definition) is 0. The average molecular weight is 263 g/mol. The predicted octanol–water partition coefficient (Wildman–Crippen LogP) is 4.33. The highest BCUT2D eigenvalue weighted by Gasteiger charge is 2.17. The first-order chi connectivity index (χ1) is 8.50. The van der Waals surface area contributed by atoms with Crippen LogP contribution in [0.5, 0.6) is 0 Å². The summed E-state index contributed by atoms with van der Waals surface area (Å²) < 4.78 is 13.4. The third kappa shape index (κ3) is 2.29. The summed E-state index contributed by atoms with van der Waals surface area (Å²) in [4.78, 5) is 12.3. The fourth-order valence-electron chi connectivity index (χ4n) is 1.80. The molecule has 0 unspecified atom stereocenters. The molecule has 0 amide bonds. The van der Waals surface area contributed by atoms with Gasteiger partial charge in [0.05, 0.1) is 5.02 Å². The number of halogens is 2. The van der Waals surface area contributed by atoms with Gasteiger partial charge in [0.15, 0.2) is 5.78 Å². The minimum Gasteiger partial charge on any atom is -0.289 e. The third-order valence-electron chi connectivity index (χ3n) is 2.83. The summed E-state index contributed by atoms with van der Waals surface area (Å²) in [6, 6.07) is 9.85. The molecule has 92 valence electrons. The van der Waals surface area contributed by atoms with Crippen molar-refractivity contribution in [3.63, 3.8) is 0 Å². The van der Waals surface area contributed by atoms with Crippen molar-refractivity contribution in [3.05, 3.63) is 69.5 Å². The number of aryl methyl sites for hydroxylation is 2. The molecule has 3 heteroatoms. The number of benzene rings is 2. The van der Waals surface area contributed by atoms with E-state index in [-0.39, 0.29) is 16.4 Å². The number of carbonyl (C=O) groups is 1. The summed E-state index contributed by atoms with van der Waals surface area (Å²) in [7, 11) is 0. The molecule has 0 aromatic heterocycles. The Bertz CT molecular complexity index is 616. The summed E-state index contributed by atoms with van der Waals surface area (Å²) in [5, 5.41) is -0.122. The maximum absolute atomic E-state index is 13.4.